The number of amides is 1. The number of rotatable bonds is 3. The van der Waals surface area contributed by atoms with Crippen molar-refractivity contribution in [1.29, 1.82) is 0 Å². The largest absolute Gasteiger partial charge is 0.377 e. The lowest BCUT2D eigenvalue weighted by molar-refractivity contribution is -0.124. The lowest BCUT2D eigenvalue weighted by Crippen LogP contribution is -2.54. The van der Waals surface area contributed by atoms with Crippen LogP contribution in [0.3, 0.4) is 0 Å². The lowest BCUT2D eigenvalue weighted by Gasteiger charge is -2.35. The van der Waals surface area contributed by atoms with E-state index in [0.717, 1.165) is 10.3 Å². The van der Waals surface area contributed by atoms with E-state index in [4.69, 9.17) is 4.74 Å². The molecule has 0 bridgehead atoms. The fraction of sp³-hybridized carbons (Fsp3) is 0.545. The van der Waals surface area contributed by atoms with E-state index < -0.39 is 0 Å². The first-order chi connectivity index (χ1) is 8.74. The lowest BCUT2D eigenvalue weighted by atomic mass is 10.2. The van der Waals surface area contributed by atoms with Crippen molar-refractivity contribution in [2.24, 2.45) is 0 Å². The van der Waals surface area contributed by atoms with Gasteiger partial charge in [-0.05, 0) is 22.9 Å². The van der Waals surface area contributed by atoms with E-state index in [0.29, 0.717) is 26.3 Å². The third-order valence-corrected chi connectivity index (χ3v) is 3.26. The SMILES string of the molecule is CCNC(=O)C1COCCN1c1ncncc1Br. The molecule has 1 amide bonds. The van der Waals surface area contributed by atoms with Gasteiger partial charge < -0.3 is 15.0 Å². The van der Waals surface area contributed by atoms with Crippen LogP contribution in [-0.4, -0.2) is 48.2 Å². The number of anilines is 1. The monoisotopic (exact) mass is 314 g/mol. The summed E-state index contributed by atoms with van der Waals surface area (Å²) >= 11 is 3.41. The van der Waals surface area contributed by atoms with Gasteiger partial charge in [0.25, 0.3) is 0 Å². The highest BCUT2D eigenvalue weighted by Gasteiger charge is 2.31. The van der Waals surface area contributed by atoms with Gasteiger partial charge in [-0.3, -0.25) is 4.79 Å². The van der Waals surface area contributed by atoms with Crippen LogP contribution in [-0.2, 0) is 9.53 Å². The van der Waals surface area contributed by atoms with Gasteiger partial charge in [-0.25, -0.2) is 9.97 Å². The van der Waals surface area contributed by atoms with Crippen molar-refractivity contribution in [3.05, 3.63) is 17.0 Å². The van der Waals surface area contributed by atoms with Crippen molar-refractivity contribution in [3.63, 3.8) is 0 Å². The van der Waals surface area contributed by atoms with Crippen molar-refractivity contribution in [1.82, 2.24) is 15.3 Å². The van der Waals surface area contributed by atoms with Gasteiger partial charge in [0.1, 0.15) is 18.2 Å². The number of nitrogens with zero attached hydrogens (tertiary/aromatic N) is 3. The molecule has 1 unspecified atom stereocenters. The molecule has 0 aromatic carbocycles. The molecule has 1 aliphatic rings. The molecule has 1 atom stereocenters. The topological polar surface area (TPSA) is 67.3 Å². The maximum absolute atomic E-state index is 12.0. The summed E-state index contributed by atoms with van der Waals surface area (Å²) in [5.74, 6) is 0.687. The zero-order chi connectivity index (χ0) is 13.0. The molecule has 0 radical (unpaired) electrons. The predicted molar refractivity (Wildman–Crippen MR) is 70.4 cm³/mol. The van der Waals surface area contributed by atoms with Crippen LogP contribution in [0, 0.1) is 0 Å². The second-order valence-corrected chi connectivity index (χ2v) is 4.73. The minimum atomic E-state index is -0.343. The van der Waals surface area contributed by atoms with Gasteiger partial charge in [-0.2, -0.15) is 0 Å². The molecule has 0 aliphatic carbocycles. The summed E-state index contributed by atoms with van der Waals surface area (Å²) in [6.45, 7) is 4.10. The molecule has 1 aromatic heterocycles. The molecule has 98 valence electrons. The summed E-state index contributed by atoms with van der Waals surface area (Å²) in [5, 5.41) is 2.82. The van der Waals surface area contributed by atoms with Crippen molar-refractivity contribution >= 4 is 27.7 Å². The van der Waals surface area contributed by atoms with Crippen LogP contribution in [0.4, 0.5) is 5.82 Å². The summed E-state index contributed by atoms with van der Waals surface area (Å²) in [6, 6.07) is -0.343. The van der Waals surface area contributed by atoms with E-state index in [1.807, 2.05) is 11.8 Å². The zero-order valence-corrected chi connectivity index (χ0v) is 11.7. The number of halogens is 1. The number of aromatic nitrogens is 2. The van der Waals surface area contributed by atoms with Crippen molar-refractivity contribution in [3.8, 4) is 0 Å². The molecule has 2 heterocycles. The van der Waals surface area contributed by atoms with Crippen LogP contribution in [0.5, 0.6) is 0 Å². The molecule has 1 saturated heterocycles. The van der Waals surface area contributed by atoms with Crippen LogP contribution in [0.2, 0.25) is 0 Å². The average Bonchev–Trinajstić information content (AvgIpc) is 2.40. The number of nitrogens with one attached hydrogen (secondary N) is 1. The Morgan fingerprint density at radius 1 is 1.72 bits per heavy atom. The smallest absolute Gasteiger partial charge is 0.245 e. The Bertz CT molecular complexity index is 429. The molecule has 1 aliphatic heterocycles. The first-order valence-corrected chi connectivity index (χ1v) is 6.61. The van der Waals surface area contributed by atoms with E-state index in [2.05, 4.69) is 31.2 Å². The molecule has 1 aromatic rings. The molecule has 0 saturated carbocycles. The molecule has 0 spiro atoms. The Morgan fingerprint density at radius 3 is 3.28 bits per heavy atom. The van der Waals surface area contributed by atoms with E-state index in [9.17, 15) is 4.79 Å². The van der Waals surface area contributed by atoms with Crippen LogP contribution < -0.4 is 10.2 Å². The molecule has 1 fully saturated rings. The first-order valence-electron chi connectivity index (χ1n) is 5.81. The third-order valence-electron chi connectivity index (χ3n) is 2.70. The normalized spacial score (nSPS) is 19.7. The molecule has 6 nitrogen and oxygen atoms in total. The van der Waals surface area contributed by atoms with Crippen LogP contribution >= 0.6 is 15.9 Å². The number of likely N-dealkylation sites (N-methyl/N-ethyl adjacent to an activating group) is 1. The van der Waals surface area contributed by atoms with Crippen LogP contribution in [0.1, 0.15) is 6.92 Å². The fourth-order valence-electron chi connectivity index (χ4n) is 1.88. The van der Waals surface area contributed by atoms with Gasteiger partial charge in [0, 0.05) is 19.3 Å². The van der Waals surface area contributed by atoms with Crippen LogP contribution in [0.15, 0.2) is 17.0 Å². The quantitative estimate of drug-likeness (QED) is 0.884. The number of hydrogen-bond donors (Lipinski definition) is 1. The van der Waals surface area contributed by atoms with Crippen molar-refractivity contribution < 1.29 is 9.53 Å². The molecular weight excluding hydrogens is 300 g/mol. The Balaban J connectivity index is 2.23. The van der Waals surface area contributed by atoms with Crippen LogP contribution in [0.25, 0.3) is 0 Å². The maximum Gasteiger partial charge on any atom is 0.245 e. The number of carbonyl (C=O) groups is 1. The van der Waals surface area contributed by atoms with Gasteiger partial charge >= 0.3 is 0 Å². The second-order valence-electron chi connectivity index (χ2n) is 3.87. The van der Waals surface area contributed by atoms with E-state index in [1.54, 1.807) is 6.20 Å². The Kier molecular flexibility index (Phi) is 4.48. The summed E-state index contributed by atoms with van der Waals surface area (Å²) in [5.41, 5.74) is 0. The number of morpholine rings is 1. The second kappa shape index (κ2) is 6.10. The van der Waals surface area contributed by atoms with Gasteiger partial charge in [0.05, 0.1) is 17.7 Å². The van der Waals surface area contributed by atoms with Gasteiger partial charge in [0.2, 0.25) is 5.91 Å². The van der Waals surface area contributed by atoms with Gasteiger partial charge in [0.15, 0.2) is 0 Å². The van der Waals surface area contributed by atoms with E-state index in [-0.39, 0.29) is 11.9 Å². The molecule has 7 heteroatoms. The number of hydrogen-bond acceptors (Lipinski definition) is 5. The minimum absolute atomic E-state index is 0.0392. The summed E-state index contributed by atoms with van der Waals surface area (Å²) < 4.78 is 6.16. The molecular formula is C11H15BrN4O2. The molecule has 2 rings (SSSR count). The van der Waals surface area contributed by atoms with Gasteiger partial charge in [-0.1, -0.05) is 0 Å². The minimum Gasteiger partial charge on any atom is -0.377 e. The van der Waals surface area contributed by atoms with Gasteiger partial charge in [-0.15, -0.1) is 0 Å². The Labute approximate surface area is 114 Å². The van der Waals surface area contributed by atoms with E-state index in [1.165, 1.54) is 6.33 Å². The summed E-state index contributed by atoms with van der Waals surface area (Å²) in [7, 11) is 0. The standard InChI is InChI=1S/C11H15BrN4O2/c1-2-14-11(17)9-6-18-4-3-16(9)10-8(12)5-13-7-15-10/h5,7,9H,2-4,6H2,1H3,(H,14,17). The zero-order valence-electron chi connectivity index (χ0n) is 10.1. The third kappa shape index (κ3) is 2.78. The first kappa shape index (κ1) is 13.2. The molecule has 18 heavy (non-hydrogen) atoms. The maximum atomic E-state index is 12.0. The number of ether oxygens (including phenoxy) is 1. The van der Waals surface area contributed by atoms with Crippen molar-refractivity contribution in [2.45, 2.75) is 13.0 Å². The predicted octanol–water partition coefficient (Wildman–Crippen LogP) is 0.580. The summed E-state index contributed by atoms with van der Waals surface area (Å²) in [6.07, 6.45) is 3.15. The highest BCUT2D eigenvalue weighted by Crippen LogP contribution is 2.25. The summed E-state index contributed by atoms with van der Waals surface area (Å²) in [4.78, 5) is 22.1. The number of carbonyl (C=O) groups excluding carboxylic acids is 1. The van der Waals surface area contributed by atoms with E-state index >= 15 is 0 Å². The fourth-order valence-corrected chi connectivity index (χ4v) is 2.33. The van der Waals surface area contributed by atoms with Crippen molar-refractivity contribution in [2.75, 3.05) is 31.2 Å². The highest BCUT2D eigenvalue weighted by molar-refractivity contribution is 9.10. The average molecular weight is 315 g/mol. The Hall–Kier alpha value is -1.21. The highest BCUT2D eigenvalue weighted by atomic mass is 79.9. The Morgan fingerprint density at radius 2 is 2.56 bits per heavy atom. The molecule has 1 N–H and O–H groups in total.